The zero-order valence-electron chi connectivity index (χ0n) is 10.3. The Morgan fingerprint density at radius 2 is 1.89 bits per heavy atom. The third kappa shape index (κ3) is 2.45. The number of hydrogen-bond acceptors (Lipinski definition) is 2. The highest BCUT2D eigenvalue weighted by atomic mass is 32.2. The summed E-state index contributed by atoms with van der Waals surface area (Å²) in [6, 6.07) is 17.6. The van der Waals surface area contributed by atoms with E-state index in [2.05, 4.69) is 48.5 Å². The van der Waals surface area contributed by atoms with Gasteiger partial charge in [0.1, 0.15) is 0 Å². The topological polar surface area (TPSA) is 26.0 Å². The Morgan fingerprint density at radius 1 is 1.06 bits per heavy atom. The molecule has 2 aromatic carbocycles. The largest absolute Gasteiger partial charge is 0.324 e. The van der Waals surface area contributed by atoms with Gasteiger partial charge in [-0.25, -0.2) is 0 Å². The first kappa shape index (κ1) is 11.8. The molecule has 1 unspecified atom stereocenters. The van der Waals surface area contributed by atoms with Crippen molar-refractivity contribution in [1.29, 1.82) is 0 Å². The van der Waals surface area contributed by atoms with Crippen LogP contribution in [0, 0.1) is 0 Å². The average Bonchev–Trinajstić information content (AvgIpc) is 2.41. The van der Waals surface area contributed by atoms with Gasteiger partial charge in [0, 0.05) is 10.9 Å². The number of benzene rings is 2. The highest BCUT2D eigenvalue weighted by Crippen LogP contribution is 2.35. The van der Waals surface area contributed by atoms with Crippen LogP contribution in [0.3, 0.4) is 0 Å². The minimum atomic E-state index is 0.219. The van der Waals surface area contributed by atoms with E-state index in [4.69, 9.17) is 5.73 Å². The first-order valence-electron chi connectivity index (χ1n) is 6.38. The van der Waals surface area contributed by atoms with E-state index in [-0.39, 0.29) is 6.04 Å². The van der Waals surface area contributed by atoms with Crippen molar-refractivity contribution in [3.8, 4) is 0 Å². The molecule has 2 aromatic rings. The lowest BCUT2D eigenvalue weighted by Crippen LogP contribution is -2.16. The number of nitrogens with two attached hydrogens (primary N) is 1. The number of rotatable bonds is 2. The normalized spacial score (nSPS) is 18.4. The molecule has 0 fully saturated rings. The van der Waals surface area contributed by atoms with E-state index in [1.54, 1.807) is 0 Å². The summed E-state index contributed by atoms with van der Waals surface area (Å²) >= 11 is 1.93. The molecule has 0 aromatic heterocycles. The molecular formula is C16H17NS. The van der Waals surface area contributed by atoms with Crippen LogP contribution in [0.1, 0.15) is 29.2 Å². The van der Waals surface area contributed by atoms with Crippen LogP contribution < -0.4 is 5.73 Å². The molecule has 0 aliphatic carbocycles. The summed E-state index contributed by atoms with van der Waals surface area (Å²) in [6.07, 6.45) is 2.08. The summed E-state index contributed by atoms with van der Waals surface area (Å²) in [5.41, 5.74) is 10.2. The van der Waals surface area contributed by atoms with Gasteiger partial charge >= 0.3 is 0 Å². The molecule has 0 saturated heterocycles. The number of fused-ring (bicyclic) bond motifs is 1. The minimum absolute atomic E-state index is 0.219. The van der Waals surface area contributed by atoms with Gasteiger partial charge in [0.05, 0.1) is 0 Å². The van der Waals surface area contributed by atoms with Gasteiger partial charge < -0.3 is 5.73 Å². The van der Waals surface area contributed by atoms with Gasteiger partial charge in [0.2, 0.25) is 0 Å². The standard InChI is InChI=1S/C16H17NS/c17-15-8-9-18-16-7-6-13(11-14(15)16)10-12-4-2-1-3-5-12/h1-7,11,15H,8-10,17H2. The Labute approximate surface area is 112 Å². The maximum atomic E-state index is 6.20. The molecule has 0 radical (unpaired) electrons. The van der Waals surface area contributed by atoms with Crippen LogP contribution in [0.15, 0.2) is 53.4 Å². The molecule has 2 N–H and O–H groups in total. The lowest BCUT2D eigenvalue weighted by Gasteiger charge is -2.22. The predicted molar refractivity (Wildman–Crippen MR) is 78.0 cm³/mol. The lowest BCUT2D eigenvalue weighted by atomic mass is 9.98. The van der Waals surface area contributed by atoms with Gasteiger partial charge in [-0.1, -0.05) is 42.5 Å². The maximum Gasteiger partial charge on any atom is 0.0314 e. The van der Waals surface area contributed by atoms with Gasteiger partial charge in [-0.15, -0.1) is 11.8 Å². The van der Waals surface area contributed by atoms with Crippen molar-refractivity contribution < 1.29 is 0 Å². The highest BCUT2D eigenvalue weighted by molar-refractivity contribution is 7.99. The van der Waals surface area contributed by atoms with Crippen molar-refractivity contribution in [1.82, 2.24) is 0 Å². The summed E-state index contributed by atoms with van der Waals surface area (Å²) in [5, 5.41) is 0. The summed E-state index contributed by atoms with van der Waals surface area (Å²) < 4.78 is 0. The summed E-state index contributed by atoms with van der Waals surface area (Å²) in [4.78, 5) is 1.37. The van der Waals surface area contributed by atoms with Crippen molar-refractivity contribution in [2.24, 2.45) is 5.73 Å². The SMILES string of the molecule is NC1CCSc2ccc(Cc3ccccc3)cc21. The van der Waals surface area contributed by atoms with E-state index in [0.717, 1.165) is 18.6 Å². The Balaban J connectivity index is 1.88. The second-order valence-corrected chi connectivity index (χ2v) is 5.91. The van der Waals surface area contributed by atoms with Gasteiger partial charge in [0.15, 0.2) is 0 Å². The van der Waals surface area contributed by atoms with Gasteiger partial charge in [-0.2, -0.15) is 0 Å². The second-order valence-electron chi connectivity index (χ2n) is 4.78. The van der Waals surface area contributed by atoms with E-state index in [1.165, 1.54) is 21.6 Å². The third-order valence-corrected chi connectivity index (χ3v) is 4.53. The fourth-order valence-electron chi connectivity index (χ4n) is 2.41. The zero-order chi connectivity index (χ0) is 12.4. The summed E-state index contributed by atoms with van der Waals surface area (Å²) in [5.74, 6) is 1.15. The highest BCUT2D eigenvalue weighted by Gasteiger charge is 2.17. The smallest absolute Gasteiger partial charge is 0.0314 e. The van der Waals surface area contributed by atoms with Crippen LogP contribution >= 0.6 is 11.8 Å². The van der Waals surface area contributed by atoms with E-state index < -0.39 is 0 Å². The molecule has 92 valence electrons. The van der Waals surface area contributed by atoms with Crippen molar-refractivity contribution >= 4 is 11.8 Å². The maximum absolute atomic E-state index is 6.20. The molecule has 3 rings (SSSR count). The van der Waals surface area contributed by atoms with Crippen LogP contribution in [0.2, 0.25) is 0 Å². The monoisotopic (exact) mass is 255 g/mol. The van der Waals surface area contributed by atoms with Crippen molar-refractivity contribution in [2.45, 2.75) is 23.8 Å². The Morgan fingerprint density at radius 3 is 2.72 bits per heavy atom. The van der Waals surface area contributed by atoms with Crippen molar-refractivity contribution in [3.63, 3.8) is 0 Å². The molecule has 1 heterocycles. The Kier molecular flexibility index (Phi) is 3.39. The van der Waals surface area contributed by atoms with Gasteiger partial charge in [-0.3, -0.25) is 0 Å². The Bertz CT molecular complexity index is 536. The molecule has 1 atom stereocenters. The molecule has 0 spiro atoms. The molecule has 18 heavy (non-hydrogen) atoms. The van der Waals surface area contributed by atoms with Gasteiger partial charge in [-0.05, 0) is 41.4 Å². The summed E-state index contributed by atoms with van der Waals surface area (Å²) in [7, 11) is 0. The second kappa shape index (κ2) is 5.17. The first-order chi connectivity index (χ1) is 8.83. The fourth-order valence-corrected chi connectivity index (χ4v) is 3.54. The molecular weight excluding hydrogens is 238 g/mol. The number of thioether (sulfide) groups is 1. The predicted octanol–water partition coefficient (Wildman–Crippen LogP) is 3.77. The van der Waals surface area contributed by atoms with Crippen LogP contribution in [0.25, 0.3) is 0 Å². The van der Waals surface area contributed by atoms with Crippen LogP contribution in [0.4, 0.5) is 0 Å². The van der Waals surface area contributed by atoms with Crippen molar-refractivity contribution in [2.75, 3.05) is 5.75 Å². The van der Waals surface area contributed by atoms with Crippen molar-refractivity contribution in [3.05, 3.63) is 65.2 Å². The van der Waals surface area contributed by atoms with E-state index >= 15 is 0 Å². The van der Waals surface area contributed by atoms with Crippen LogP contribution in [-0.4, -0.2) is 5.75 Å². The Hall–Kier alpha value is -1.25. The average molecular weight is 255 g/mol. The molecule has 2 heteroatoms. The molecule has 0 saturated carbocycles. The lowest BCUT2D eigenvalue weighted by molar-refractivity contribution is 0.679. The number of hydrogen-bond donors (Lipinski definition) is 1. The molecule has 1 nitrogen and oxygen atoms in total. The fraction of sp³-hybridized carbons (Fsp3) is 0.250. The molecule has 0 amide bonds. The third-order valence-electron chi connectivity index (χ3n) is 3.41. The van der Waals surface area contributed by atoms with Gasteiger partial charge in [0.25, 0.3) is 0 Å². The quantitative estimate of drug-likeness (QED) is 0.884. The molecule has 1 aliphatic rings. The van der Waals surface area contributed by atoms with E-state index in [1.807, 2.05) is 11.8 Å². The van der Waals surface area contributed by atoms with Crippen LogP contribution in [0.5, 0.6) is 0 Å². The van der Waals surface area contributed by atoms with E-state index in [9.17, 15) is 0 Å². The molecule has 1 aliphatic heterocycles. The summed E-state index contributed by atoms with van der Waals surface area (Å²) in [6.45, 7) is 0. The van der Waals surface area contributed by atoms with E-state index in [0.29, 0.717) is 0 Å². The van der Waals surface area contributed by atoms with Crippen LogP contribution in [-0.2, 0) is 6.42 Å². The molecule has 0 bridgehead atoms. The first-order valence-corrected chi connectivity index (χ1v) is 7.36. The zero-order valence-corrected chi connectivity index (χ0v) is 11.1. The minimum Gasteiger partial charge on any atom is -0.324 e.